The second-order valence-electron chi connectivity index (χ2n) is 4.41. The van der Waals surface area contributed by atoms with Gasteiger partial charge in [-0.3, -0.25) is 4.79 Å². The summed E-state index contributed by atoms with van der Waals surface area (Å²) in [5, 5.41) is 2.21. The van der Waals surface area contributed by atoms with Gasteiger partial charge in [-0.05, 0) is 29.9 Å². The molecular formula is C16H18O2. The third-order valence-electron chi connectivity index (χ3n) is 3.28. The molecule has 0 saturated carbocycles. The number of ether oxygens (including phenoxy) is 1. The van der Waals surface area contributed by atoms with E-state index in [9.17, 15) is 4.79 Å². The van der Waals surface area contributed by atoms with Crippen LogP contribution >= 0.6 is 0 Å². The number of carbonyl (C=O) groups excluding carboxylic acids is 1. The number of methoxy groups -OCH3 is 1. The van der Waals surface area contributed by atoms with Crippen LogP contribution in [-0.2, 0) is 6.42 Å². The Kier molecular flexibility index (Phi) is 3.98. The lowest BCUT2D eigenvalue weighted by atomic mass is 9.95. The SMILES string of the molecule is CCCCc1c(C=O)cc(OC)c2ccccc12. The van der Waals surface area contributed by atoms with Gasteiger partial charge in [-0.2, -0.15) is 0 Å². The molecule has 0 aliphatic rings. The van der Waals surface area contributed by atoms with Gasteiger partial charge < -0.3 is 4.74 Å². The van der Waals surface area contributed by atoms with E-state index in [-0.39, 0.29) is 0 Å². The minimum Gasteiger partial charge on any atom is -0.496 e. The molecule has 0 N–H and O–H groups in total. The van der Waals surface area contributed by atoms with Gasteiger partial charge in [0.05, 0.1) is 7.11 Å². The number of benzene rings is 2. The third-order valence-corrected chi connectivity index (χ3v) is 3.28. The molecule has 0 fully saturated rings. The molecule has 0 atom stereocenters. The number of aldehydes is 1. The first-order valence-corrected chi connectivity index (χ1v) is 6.35. The van der Waals surface area contributed by atoms with Gasteiger partial charge in [0, 0.05) is 10.9 Å². The summed E-state index contributed by atoms with van der Waals surface area (Å²) < 4.78 is 5.37. The molecule has 0 radical (unpaired) electrons. The molecule has 2 rings (SSSR count). The van der Waals surface area contributed by atoms with Crippen LogP contribution in [0.5, 0.6) is 5.75 Å². The number of fused-ring (bicyclic) bond motifs is 1. The highest BCUT2D eigenvalue weighted by molar-refractivity contribution is 5.97. The molecule has 0 amide bonds. The van der Waals surface area contributed by atoms with Crippen LogP contribution in [-0.4, -0.2) is 13.4 Å². The third kappa shape index (κ3) is 2.23. The van der Waals surface area contributed by atoms with Crippen molar-refractivity contribution >= 4 is 17.1 Å². The van der Waals surface area contributed by atoms with Crippen molar-refractivity contribution < 1.29 is 9.53 Å². The number of aryl methyl sites for hydroxylation is 1. The molecule has 0 heterocycles. The fraction of sp³-hybridized carbons (Fsp3) is 0.312. The highest BCUT2D eigenvalue weighted by Gasteiger charge is 2.11. The average Bonchev–Trinajstić information content (AvgIpc) is 2.44. The highest BCUT2D eigenvalue weighted by atomic mass is 16.5. The van der Waals surface area contributed by atoms with Gasteiger partial charge in [-0.15, -0.1) is 0 Å². The summed E-state index contributed by atoms with van der Waals surface area (Å²) >= 11 is 0. The maximum Gasteiger partial charge on any atom is 0.150 e. The Morgan fingerprint density at radius 3 is 2.56 bits per heavy atom. The molecule has 0 aliphatic carbocycles. The Morgan fingerprint density at radius 1 is 1.22 bits per heavy atom. The monoisotopic (exact) mass is 242 g/mol. The minimum atomic E-state index is 0.749. The van der Waals surface area contributed by atoms with E-state index in [4.69, 9.17) is 4.74 Å². The average molecular weight is 242 g/mol. The summed E-state index contributed by atoms with van der Waals surface area (Å²) in [5.74, 6) is 0.771. The van der Waals surface area contributed by atoms with Crippen LogP contribution in [0.2, 0.25) is 0 Å². The highest BCUT2D eigenvalue weighted by Crippen LogP contribution is 2.31. The molecule has 0 unspecified atom stereocenters. The van der Waals surface area contributed by atoms with Gasteiger partial charge in [-0.1, -0.05) is 37.6 Å². The number of hydrogen-bond acceptors (Lipinski definition) is 2. The second-order valence-corrected chi connectivity index (χ2v) is 4.41. The fourth-order valence-electron chi connectivity index (χ4n) is 2.33. The van der Waals surface area contributed by atoms with Crippen molar-refractivity contribution in [1.82, 2.24) is 0 Å². The molecule has 2 aromatic rings. The Balaban J connectivity index is 2.68. The molecule has 18 heavy (non-hydrogen) atoms. The molecule has 0 aromatic heterocycles. The number of carbonyl (C=O) groups is 1. The smallest absolute Gasteiger partial charge is 0.150 e. The predicted molar refractivity (Wildman–Crippen MR) is 74.5 cm³/mol. The lowest BCUT2D eigenvalue weighted by molar-refractivity contribution is 0.112. The predicted octanol–water partition coefficient (Wildman–Crippen LogP) is 4.00. The second kappa shape index (κ2) is 5.67. The maximum atomic E-state index is 11.2. The van der Waals surface area contributed by atoms with Crippen LogP contribution in [0.15, 0.2) is 30.3 Å². The molecule has 2 heteroatoms. The Morgan fingerprint density at radius 2 is 1.94 bits per heavy atom. The van der Waals surface area contributed by atoms with Gasteiger partial charge in [-0.25, -0.2) is 0 Å². The maximum absolute atomic E-state index is 11.2. The van der Waals surface area contributed by atoms with Crippen LogP contribution in [0, 0.1) is 0 Å². The van der Waals surface area contributed by atoms with Gasteiger partial charge >= 0.3 is 0 Å². The van der Waals surface area contributed by atoms with Crippen LogP contribution in [0.3, 0.4) is 0 Å². The zero-order valence-corrected chi connectivity index (χ0v) is 10.9. The van der Waals surface area contributed by atoms with Crippen molar-refractivity contribution in [2.24, 2.45) is 0 Å². The van der Waals surface area contributed by atoms with E-state index < -0.39 is 0 Å². The summed E-state index contributed by atoms with van der Waals surface area (Å²) in [5.41, 5.74) is 1.89. The van der Waals surface area contributed by atoms with Crippen LogP contribution in [0.25, 0.3) is 10.8 Å². The Bertz CT molecular complexity index is 558. The van der Waals surface area contributed by atoms with Gasteiger partial charge in [0.15, 0.2) is 0 Å². The van der Waals surface area contributed by atoms with Crippen molar-refractivity contribution in [3.05, 3.63) is 41.5 Å². The van der Waals surface area contributed by atoms with Crippen LogP contribution < -0.4 is 4.74 Å². The molecular weight excluding hydrogens is 224 g/mol. The standard InChI is InChI=1S/C16H18O2/c1-3-4-7-13-12(11-17)10-16(18-2)15-9-6-5-8-14(13)15/h5-6,8-11H,3-4,7H2,1-2H3. The first-order chi connectivity index (χ1) is 8.81. The first kappa shape index (κ1) is 12.6. The summed E-state index contributed by atoms with van der Waals surface area (Å²) in [6.07, 6.45) is 4.09. The lowest BCUT2D eigenvalue weighted by Gasteiger charge is -2.13. The van der Waals surface area contributed by atoms with Gasteiger partial charge in [0.2, 0.25) is 0 Å². The van der Waals surface area contributed by atoms with Gasteiger partial charge in [0.1, 0.15) is 12.0 Å². The summed E-state index contributed by atoms with van der Waals surface area (Å²) in [4.78, 5) is 11.2. The van der Waals surface area contributed by atoms with Crippen molar-refractivity contribution in [3.8, 4) is 5.75 Å². The van der Waals surface area contributed by atoms with E-state index in [1.165, 1.54) is 0 Å². The van der Waals surface area contributed by atoms with Crippen molar-refractivity contribution in [2.45, 2.75) is 26.2 Å². The molecule has 2 aromatic carbocycles. The number of hydrogen-bond donors (Lipinski definition) is 0. The van der Waals surface area contributed by atoms with E-state index in [0.29, 0.717) is 0 Å². The summed E-state index contributed by atoms with van der Waals surface area (Å²) in [7, 11) is 1.64. The van der Waals surface area contributed by atoms with Gasteiger partial charge in [0.25, 0.3) is 0 Å². The first-order valence-electron chi connectivity index (χ1n) is 6.35. The largest absolute Gasteiger partial charge is 0.496 e. The molecule has 94 valence electrons. The Labute approximate surface area is 108 Å². The molecule has 0 bridgehead atoms. The van der Waals surface area contributed by atoms with Crippen LogP contribution in [0.4, 0.5) is 0 Å². The normalized spacial score (nSPS) is 10.6. The molecule has 0 spiro atoms. The zero-order chi connectivity index (χ0) is 13.0. The van der Waals surface area contributed by atoms with Crippen molar-refractivity contribution in [1.29, 1.82) is 0 Å². The lowest BCUT2D eigenvalue weighted by Crippen LogP contribution is -1.97. The van der Waals surface area contributed by atoms with E-state index >= 15 is 0 Å². The topological polar surface area (TPSA) is 26.3 Å². The zero-order valence-electron chi connectivity index (χ0n) is 10.9. The summed E-state index contributed by atoms with van der Waals surface area (Å²) in [6, 6.07) is 9.95. The minimum absolute atomic E-state index is 0.749. The molecule has 0 saturated heterocycles. The van der Waals surface area contributed by atoms with E-state index in [0.717, 1.165) is 53.2 Å². The molecule has 2 nitrogen and oxygen atoms in total. The fourth-order valence-corrected chi connectivity index (χ4v) is 2.33. The number of rotatable bonds is 5. The van der Waals surface area contributed by atoms with Crippen LogP contribution in [0.1, 0.15) is 35.7 Å². The Hall–Kier alpha value is -1.83. The number of unbranched alkanes of at least 4 members (excludes halogenated alkanes) is 1. The van der Waals surface area contributed by atoms with E-state index in [2.05, 4.69) is 13.0 Å². The quantitative estimate of drug-likeness (QED) is 0.741. The van der Waals surface area contributed by atoms with Crippen molar-refractivity contribution in [2.75, 3.05) is 7.11 Å². The van der Waals surface area contributed by atoms with E-state index in [1.807, 2.05) is 24.3 Å². The van der Waals surface area contributed by atoms with E-state index in [1.54, 1.807) is 7.11 Å². The van der Waals surface area contributed by atoms with Crippen molar-refractivity contribution in [3.63, 3.8) is 0 Å². The molecule has 0 aliphatic heterocycles. The summed E-state index contributed by atoms with van der Waals surface area (Å²) in [6.45, 7) is 2.16.